The Kier molecular flexibility index (Phi) is 5.85. The quantitative estimate of drug-likeness (QED) is 0.677. The zero-order chi connectivity index (χ0) is 14.3. The summed E-state index contributed by atoms with van der Waals surface area (Å²) in [6, 6.07) is 6.33. The molecule has 0 saturated heterocycles. The van der Waals surface area contributed by atoms with Crippen LogP contribution in [0.2, 0.25) is 0 Å². The van der Waals surface area contributed by atoms with E-state index in [-0.39, 0.29) is 23.1 Å². The van der Waals surface area contributed by atoms with Crippen LogP contribution in [0.4, 0.5) is 0 Å². The van der Waals surface area contributed by atoms with Gasteiger partial charge in [-0.25, -0.2) is 0 Å². The first-order valence-electron chi connectivity index (χ1n) is 6.33. The first-order chi connectivity index (χ1) is 9.00. The van der Waals surface area contributed by atoms with Gasteiger partial charge in [-0.15, -0.1) is 0 Å². The molecule has 0 unspecified atom stereocenters. The van der Waals surface area contributed by atoms with Crippen LogP contribution >= 0.6 is 0 Å². The van der Waals surface area contributed by atoms with Gasteiger partial charge in [0.2, 0.25) is 5.91 Å². The van der Waals surface area contributed by atoms with Gasteiger partial charge in [0.1, 0.15) is 5.75 Å². The fourth-order valence-electron chi connectivity index (χ4n) is 1.58. The zero-order valence-electron chi connectivity index (χ0n) is 11.3. The number of aromatic hydroxyl groups is 1. The van der Waals surface area contributed by atoms with Gasteiger partial charge in [0, 0.05) is 19.5 Å². The number of phenolic OH excluding ortho intramolecular Hbond substituents is 1. The van der Waals surface area contributed by atoms with Crippen LogP contribution in [0.3, 0.4) is 0 Å². The van der Waals surface area contributed by atoms with Gasteiger partial charge in [0.25, 0.3) is 5.91 Å². The van der Waals surface area contributed by atoms with Crippen molar-refractivity contribution in [2.45, 2.75) is 20.3 Å². The van der Waals surface area contributed by atoms with Crippen molar-refractivity contribution in [3.05, 3.63) is 29.8 Å². The van der Waals surface area contributed by atoms with Crippen LogP contribution in [-0.4, -0.2) is 30.0 Å². The number of hydrogen-bond acceptors (Lipinski definition) is 3. The molecule has 104 valence electrons. The van der Waals surface area contributed by atoms with E-state index in [1.165, 1.54) is 6.07 Å². The van der Waals surface area contributed by atoms with E-state index in [9.17, 15) is 14.7 Å². The third-order valence-electron chi connectivity index (χ3n) is 2.48. The highest BCUT2D eigenvalue weighted by molar-refractivity contribution is 5.96. The monoisotopic (exact) mass is 264 g/mol. The Bertz CT molecular complexity index is 444. The molecular weight excluding hydrogens is 244 g/mol. The molecule has 0 radical (unpaired) electrons. The third-order valence-corrected chi connectivity index (χ3v) is 2.48. The van der Waals surface area contributed by atoms with E-state index in [2.05, 4.69) is 10.6 Å². The number of rotatable bonds is 6. The number of benzene rings is 1. The lowest BCUT2D eigenvalue weighted by Crippen LogP contribution is -2.35. The molecule has 0 aromatic heterocycles. The second kappa shape index (κ2) is 7.41. The topological polar surface area (TPSA) is 78.4 Å². The minimum Gasteiger partial charge on any atom is -0.507 e. The molecule has 5 heteroatoms. The lowest BCUT2D eigenvalue weighted by molar-refractivity contribution is -0.121. The van der Waals surface area contributed by atoms with Gasteiger partial charge < -0.3 is 15.7 Å². The Labute approximate surface area is 113 Å². The molecule has 0 heterocycles. The molecule has 1 aromatic carbocycles. The second-order valence-corrected chi connectivity index (χ2v) is 4.72. The summed E-state index contributed by atoms with van der Waals surface area (Å²) in [5.41, 5.74) is 0.232. The fourth-order valence-corrected chi connectivity index (χ4v) is 1.58. The second-order valence-electron chi connectivity index (χ2n) is 4.72. The Morgan fingerprint density at radius 1 is 1.16 bits per heavy atom. The number of carbonyl (C=O) groups is 2. The van der Waals surface area contributed by atoms with Crippen LogP contribution in [0.15, 0.2) is 24.3 Å². The standard InChI is InChI=1S/C14H20N2O3/c1-10(2)9-13(18)15-7-8-16-14(19)11-5-3-4-6-12(11)17/h3-6,10,17H,7-9H2,1-2H3,(H,15,18)(H,16,19). The predicted molar refractivity (Wildman–Crippen MR) is 72.9 cm³/mol. The maximum atomic E-state index is 11.7. The summed E-state index contributed by atoms with van der Waals surface area (Å²) in [7, 11) is 0. The normalized spacial score (nSPS) is 10.3. The number of nitrogens with one attached hydrogen (secondary N) is 2. The van der Waals surface area contributed by atoms with Gasteiger partial charge in [0.15, 0.2) is 0 Å². The molecule has 0 spiro atoms. The molecule has 0 atom stereocenters. The van der Waals surface area contributed by atoms with Crippen molar-refractivity contribution >= 4 is 11.8 Å². The largest absolute Gasteiger partial charge is 0.507 e. The molecule has 2 amide bonds. The van der Waals surface area contributed by atoms with Crippen molar-refractivity contribution in [1.82, 2.24) is 10.6 Å². The Morgan fingerprint density at radius 2 is 1.79 bits per heavy atom. The van der Waals surface area contributed by atoms with E-state index >= 15 is 0 Å². The summed E-state index contributed by atoms with van der Waals surface area (Å²) in [6.07, 6.45) is 0.480. The van der Waals surface area contributed by atoms with Gasteiger partial charge in [-0.05, 0) is 18.1 Å². The minimum absolute atomic E-state index is 0.0215. The van der Waals surface area contributed by atoms with Gasteiger partial charge >= 0.3 is 0 Å². The number of para-hydroxylation sites is 1. The van der Waals surface area contributed by atoms with Crippen molar-refractivity contribution in [1.29, 1.82) is 0 Å². The SMILES string of the molecule is CC(C)CC(=O)NCCNC(=O)c1ccccc1O. The minimum atomic E-state index is -0.351. The molecule has 0 bridgehead atoms. The third kappa shape index (κ3) is 5.42. The van der Waals surface area contributed by atoms with Gasteiger partial charge in [-0.3, -0.25) is 9.59 Å². The molecule has 0 fully saturated rings. The molecule has 0 aliphatic carbocycles. The van der Waals surface area contributed by atoms with Gasteiger partial charge in [0.05, 0.1) is 5.56 Å². The zero-order valence-corrected chi connectivity index (χ0v) is 11.3. The van der Waals surface area contributed by atoms with E-state index < -0.39 is 0 Å². The number of carbonyl (C=O) groups excluding carboxylic acids is 2. The highest BCUT2D eigenvalue weighted by Gasteiger charge is 2.09. The molecule has 0 aliphatic heterocycles. The highest BCUT2D eigenvalue weighted by Crippen LogP contribution is 2.14. The highest BCUT2D eigenvalue weighted by atomic mass is 16.3. The molecule has 0 aliphatic rings. The molecule has 1 rings (SSSR count). The molecular formula is C14H20N2O3. The Hall–Kier alpha value is -2.04. The maximum absolute atomic E-state index is 11.7. The summed E-state index contributed by atoms with van der Waals surface area (Å²) in [5.74, 6) is -0.109. The summed E-state index contributed by atoms with van der Waals surface area (Å²) in [4.78, 5) is 23.1. The Balaban J connectivity index is 2.29. The number of phenols is 1. The maximum Gasteiger partial charge on any atom is 0.255 e. The van der Waals surface area contributed by atoms with Gasteiger partial charge in [-0.1, -0.05) is 26.0 Å². The van der Waals surface area contributed by atoms with E-state index in [4.69, 9.17) is 0 Å². The summed E-state index contributed by atoms with van der Waals surface area (Å²) >= 11 is 0. The summed E-state index contributed by atoms with van der Waals surface area (Å²) in [6.45, 7) is 4.65. The van der Waals surface area contributed by atoms with E-state index in [0.29, 0.717) is 25.4 Å². The lowest BCUT2D eigenvalue weighted by atomic mass is 10.1. The molecule has 0 saturated carbocycles. The van der Waals surface area contributed by atoms with Crippen LogP contribution < -0.4 is 10.6 Å². The first kappa shape index (κ1) is 15.0. The van der Waals surface area contributed by atoms with Crippen LogP contribution in [0, 0.1) is 5.92 Å². The first-order valence-corrected chi connectivity index (χ1v) is 6.33. The van der Waals surface area contributed by atoms with Crippen LogP contribution in [-0.2, 0) is 4.79 Å². The predicted octanol–water partition coefficient (Wildman–Crippen LogP) is 1.28. The smallest absolute Gasteiger partial charge is 0.255 e. The number of amides is 2. The van der Waals surface area contributed by atoms with Gasteiger partial charge in [-0.2, -0.15) is 0 Å². The van der Waals surface area contributed by atoms with Crippen LogP contribution in [0.5, 0.6) is 5.75 Å². The molecule has 3 N–H and O–H groups in total. The van der Waals surface area contributed by atoms with Crippen molar-refractivity contribution in [2.24, 2.45) is 5.92 Å². The van der Waals surface area contributed by atoms with Crippen LogP contribution in [0.1, 0.15) is 30.6 Å². The van der Waals surface area contributed by atoms with Crippen molar-refractivity contribution in [3.63, 3.8) is 0 Å². The summed E-state index contributed by atoms with van der Waals surface area (Å²) in [5, 5.41) is 14.8. The van der Waals surface area contributed by atoms with Crippen LogP contribution in [0.25, 0.3) is 0 Å². The van der Waals surface area contributed by atoms with Crippen molar-refractivity contribution in [3.8, 4) is 5.75 Å². The lowest BCUT2D eigenvalue weighted by Gasteiger charge is -2.09. The fraction of sp³-hybridized carbons (Fsp3) is 0.429. The van der Waals surface area contributed by atoms with E-state index in [1.807, 2.05) is 13.8 Å². The van der Waals surface area contributed by atoms with Crippen molar-refractivity contribution < 1.29 is 14.7 Å². The Morgan fingerprint density at radius 3 is 2.42 bits per heavy atom. The van der Waals surface area contributed by atoms with E-state index in [1.54, 1.807) is 18.2 Å². The average molecular weight is 264 g/mol. The molecule has 19 heavy (non-hydrogen) atoms. The summed E-state index contributed by atoms with van der Waals surface area (Å²) < 4.78 is 0. The average Bonchev–Trinajstić information content (AvgIpc) is 2.34. The number of hydrogen-bond donors (Lipinski definition) is 3. The van der Waals surface area contributed by atoms with Crippen molar-refractivity contribution in [2.75, 3.05) is 13.1 Å². The molecule has 1 aromatic rings. The molecule has 5 nitrogen and oxygen atoms in total. The van der Waals surface area contributed by atoms with E-state index in [0.717, 1.165) is 0 Å².